The van der Waals surface area contributed by atoms with Crippen molar-refractivity contribution in [3.05, 3.63) is 73.0 Å². The van der Waals surface area contributed by atoms with Crippen molar-refractivity contribution in [3.63, 3.8) is 0 Å². The molecule has 0 aliphatic carbocycles. The number of carbonyl (C=O) groups is 1. The van der Waals surface area contributed by atoms with Crippen LogP contribution in [0.2, 0.25) is 0 Å². The summed E-state index contributed by atoms with van der Waals surface area (Å²) in [5, 5.41) is 8.08. The van der Waals surface area contributed by atoms with E-state index in [1.165, 1.54) is 12.4 Å². The number of nitrogens with two attached hydrogens (primary N) is 1. The molecular formula is C26H25N9O2. The van der Waals surface area contributed by atoms with Crippen LogP contribution in [0.4, 0.5) is 5.82 Å². The van der Waals surface area contributed by atoms with E-state index in [-0.39, 0.29) is 18.5 Å². The number of hydrogen-bond donors (Lipinski definition) is 2. The number of nitrogen functional groups attached to an aromatic ring is 1. The van der Waals surface area contributed by atoms with Crippen LogP contribution in [-0.4, -0.2) is 40.2 Å². The SMILES string of the molecule is C=CC(=O)NCc1cc(-c2c(-c3ccc(Oc4nccc(C)n4)cc3)c3c(N)ncnc3n2C)n(C)n1. The Bertz CT molecular complexity index is 1630. The van der Waals surface area contributed by atoms with Crippen molar-refractivity contribution in [2.45, 2.75) is 13.5 Å². The maximum absolute atomic E-state index is 11.6. The normalized spacial score (nSPS) is 11.0. The molecule has 37 heavy (non-hydrogen) atoms. The van der Waals surface area contributed by atoms with Crippen LogP contribution in [-0.2, 0) is 25.4 Å². The molecule has 0 saturated carbocycles. The zero-order valence-corrected chi connectivity index (χ0v) is 20.6. The number of nitrogens with one attached hydrogen (secondary N) is 1. The van der Waals surface area contributed by atoms with Gasteiger partial charge in [-0.05, 0) is 42.8 Å². The fourth-order valence-corrected chi connectivity index (χ4v) is 4.21. The molecule has 0 saturated heterocycles. The molecule has 1 aromatic carbocycles. The molecule has 5 aromatic rings. The van der Waals surface area contributed by atoms with E-state index in [1.807, 2.05) is 62.0 Å². The van der Waals surface area contributed by atoms with Gasteiger partial charge in [0.2, 0.25) is 5.91 Å². The van der Waals surface area contributed by atoms with Crippen molar-refractivity contribution < 1.29 is 9.53 Å². The van der Waals surface area contributed by atoms with Gasteiger partial charge in [0.1, 0.15) is 23.5 Å². The van der Waals surface area contributed by atoms with E-state index in [0.29, 0.717) is 22.9 Å². The van der Waals surface area contributed by atoms with Gasteiger partial charge in [-0.15, -0.1) is 0 Å². The molecule has 0 unspecified atom stereocenters. The molecule has 1 amide bonds. The highest BCUT2D eigenvalue weighted by Crippen LogP contribution is 2.42. The topological polar surface area (TPSA) is 139 Å². The molecule has 0 spiro atoms. The lowest BCUT2D eigenvalue weighted by molar-refractivity contribution is -0.116. The average molecular weight is 496 g/mol. The summed E-state index contributed by atoms with van der Waals surface area (Å²) < 4.78 is 9.56. The van der Waals surface area contributed by atoms with Crippen molar-refractivity contribution in [2.75, 3.05) is 5.73 Å². The number of hydrogen-bond acceptors (Lipinski definition) is 8. The highest BCUT2D eigenvalue weighted by atomic mass is 16.5. The molecule has 3 N–H and O–H groups in total. The zero-order chi connectivity index (χ0) is 26.1. The maximum atomic E-state index is 11.6. The monoisotopic (exact) mass is 495 g/mol. The van der Waals surface area contributed by atoms with E-state index in [4.69, 9.17) is 10.5 Å². The summed E-state index contributed by atoms with van der Waals surface area (Å²) in [6, 6.07) is 11.6. The Kier molecular flexibility index (Phi) is 6.10. The van der Waals surface area contributed by atoms with Gasteiger partial charge in [-0.1, -0.05) is 18.7 Å². The summed E-state index contributed by atoms with van der Waals surface area (Å²) in [6.07, 6.45) is 4.33. The summed E-state index contributed by atoms with van der Waals surface area (Å²) >= 11 is 0. The molecule has 5 rings (SSSR count). The standard InChI is InChI=1S/C26H25N9O2/c1-5-20(36)29-13-17-12-19(35(4)33-17)23-21(22-24(27)30-14-31-25(22)34(23)3)16-6-8-18(9-7-16)37-26-28-11-10-15(2)32-26/h5-12,14H,1,13H2,2-4H3,(H,29,36)(H2,27,30,31). The molecule has 0 aliphatic rings. The lowest BCUT2D eigenvalue weighted by Gasteiger charge is -2.10. The third kappa shape index (κ3) is 4.49. The summed E-state index contributed by atoms with van der Waals surface area (Å²) in [5.74, 6) is 0.705. The Labute approximate surface area is 212 Å². The summed E-state index contributed by atoms with van der Waals surface area (Å²) in [4.78, 5) is 28.8. The first-order chi connectivity index (χ1) is 17.9. The Morgan fingerprint density at radius 3 is 2.68 bits per heavy atom. The number of fused-ring (bicyclic) bond motifs is 1. The second-order valence-electron chi connectivity index (χ2n) is 8.41. The molecule has 186 valence electrons. The predicted molar refractivity (Wildman–Crippen MR) is 139 cm³/mol. The van der Waals surface area contributed by atoms with Crippen molar-refractivity contribution in [3.8, 4) is 34.3 Å². The van der Waals surface area contributed by atoms with Crippen molar-refractivity contribution in [1.29, 1.82) is 0 Å². The smallest absolute Gasteiger partial charge is 0.322 e. The van der Waals surface area contributed by atoms with Gasteiger partial charge in [-0.3, -0.25) is 9.48 Å². The van der Waals surface area contributed by atoms with Gasteiger partial charge in [-0.25, -0.2) is 19.9 Å². The van der Waals surface area contributed by atoms with Gasteiger partial charge in [0, 0.05) is 31.5 Å². The largest absolute Gasteiger partial charge is 0.424 e. The van der Waals surface area contributed by atoms with Gasteiger partial charge in [-0.2, -0.15) is 5.10 Å². The first-order valence-electron chi connectivity index (χ1n) is 11.5. The highest BCUT2D eigenvalue weighted by Gasteiger charge is 2.24. The van der Waals surface area contributed by atoms with E-state index in [2.05, 4.69) is 36.9 Å². The lowest BCUT2D eigenvalue weighted by atomic mass is 10.0. The molecule has 4 heterocycles. The number of rotatable bonds is 7. The fraction of sp³-hybridized carbons (Fsp3) is 0.154. The molecule has 11 heteroatoms. The molecular weight excluding hydrogens is 470 g/mol. The number of amides is 1. The molecule has 11 nitrogen and oxygen atoms in total. The van der Waals surface area contributed by atoms with Gasteiger partial charge in [0.05, 0.1) is 29.0 Å². The Morgan fingerprint density at radius 1 is 1.16 bits per heavy atom. The third-order valence-corrected chi connectivity index (χ3v) is 5.92. The van der Waals surface area contributed by atoms with Crippen LogP contribution in [0.3, 0.4) is 0 Å². The van der Waals surface area contributed by atoms with Crippen molar-refractivity contribution in [2.24, 2.45) is 14.1 Å². The highest BCUT2D eigenvalue weighted by molar-refractivity contribution is 6.07. The quantitative estimate of drug-likeness (QED) is 0.328. The van der Waals surface area contributed by atoms with Gasteiger partial charge in [0.15, 0.2) is 0 Å². The Morgan fingerprint density at radius 2 is 1.95 bits per heavy atom. The molecule has 4 aromatic heterocycles. The van der Waals surface area contributed by atoms with Gasteiger partial charge < -0.3 is 20.4 Å². The minimum Gasteiger partial charge on any atom is -0.424 e. The Hall–Kier alpha value is -5.06. The first kappa shape index (κ1) is 23.7. The van der Waals surface area contributed by atoms with Crippen LogP contribution >= 0.6 is 0 Å². The van der Waals surface area contributed by atoms with E-state index in [9.17, 15) is 4.79 Å². The van der Waals surface area contributed by atoms with Crippen molar-refractivity contribution in [1.82, 2.24) is 39.6 Å². The number of aryl methyl sites for hydroxylation is 3. The van der Waals surface area contributed by atoms with Crippen LogP contribution in [0, 0.1) is 6.92 Å². The average Bonchev–Trinajstić information content (AvgIpc) is 3.40. The van der Waals surface area contributed by atoms with Crippen LogP contribution < -0.4 is 15.8 Å². The number of carbonyl (C=O) groups excluding carboxylic acids is 1. The van der Waals surface area contributed by atoms with Crippen molar-refractivity contribution >= 4 is 22.8 Å². The first-order valence-corrected chi connectivity index (χ1v) is 11.5. The van der Waals surface area contributed by atoms with Crippen LogP contribution in [0.25, 0.3) is 33.5 Å². The number of benzene rings is 1. The number of aromatic nitrogens is 7. The molecule has 0 bridgehead atoms. The van der Waals surface area contributed by atoms with E-state index in [0.717, 1.165) is 33.6 Å². The zero-order valence-electron chi connectivity index (χ0n) is 20.6. The van der Waals surface area contributed by atoms with E-state index >= 15 is 0 Å². The second kappa shape index (κ2) is 9.53. The molecule has 0 radical (unpaired) electrons. The predicted octanol–water partition coefficient (Wildman–Crippen LogP) is 3.31. The third-order valence-electron chi connectivity index (χ3n) is 5.92. The lowest BCUT2D eigenvalue weighted by Crippen LogP contribution is -2.20. The van der Waals surface area contributed by atoms with E-state index < -0.39 is 0 Å². The summed E-state index contributed by atoms with van der Waals surface area (Å²) in [7, 11) is 3.77. The molecule has 0 aliphatic heterocycles. The van der Waals surface area contributed by atoms with Gasteiger partial charge >= 0.3 is 6.01 Å². The minimum absolute atomic E-state index is 0.265. The number of nitrogens with zero attached hydrogens (tertiary/aromatic N) is 7. The Balaban J connectivity index is 1.60. The molecule has 0 fully saturated rings. The summed E-state index contributed by atoms with van der Waals surface area (Å²) in [5.41, 5.74) is 12.0. The molecule has 0 atom stereocenters. The van der Waals surface area contributed by atoms with E-state index in [1.54, 1.807) is 10.9 Å². The summed E-state index contributed by atoms with van der Waals surface area (Å²) in [6.45, 7) is 5.63. The fourth-order valence-electron chi connectivity index (χ4n) is 4.21. The number of ether oxygens (including phenoxy) is 1. The second-order valence-corrected chi connectivity index (χ2v) is 8.41. The van der Waals surface area contributed by atoms with Crippen LogP contribution in [0.15, 0.2) is 61.6 Å². The van der Waals surface area contributed by atoms with Crippen LogP contribution in [0.5, 0.6) is 11.8 Å². The number of anilines is 1. The van der Waals surface area contributed by atoms with Crippen LogP contribution in [0.1, 0.15) is 11.4 Å². The minimum atomic E-state index is -0.265. The maximum Gasteiger partial charge on any atom is 0.322 e. The van der Waals surface area contributed by atoms with Gasteiger partial charge in [0.25, 0.3) is 0 Å².